The lowest BCUT2D eigenvalue weighted by Gasteiger charge is -2.49. The van der Waals surface area contributed by atoms with Gasteiger partial charge < -0.3 is 19.3 Å². The molecule has 4 rings (SSSR count). The first-order valence-corrected chi connectivity index (χ1v) is 14.0. The number of carbonyl (C=O) groups excluding carboxylic acids is 1. The monoisotopic (exact) mass is 536 g/mol. The third-order valence-corrected chi connectivity index (χ3v) is 7.93. The summed E-state index contributed by atoms with van der Waals surface area (Å²) in [6.07, 6.45) is 5.90. The molecule has 2 heterocycles. The zero-order chi connectivity index (χ0) is 27.8. The van der Waals surface area contributed by atoms with Crippen LogP contribution in [-0.4, -0.2) is 66.5 Å². The van der Waals surface area contributed by atoms with Gasteiger partial charge in [-0.25, -0.2) is 4.79 Å². The molecule has 39 heavy (non-hydrogen) atoms. The summed E-state index contributed by atoms with van der Waals surface area (Å²) in [5, 5.41) is 10.7. The zero-order valence-corrected chi connectivity index (χ0v) is 23.2. The standard InChI is InChI=1S/C31H40N2O6/c1-4-6-16-32(17-7-5-2)28(15-19-34)33-18-14-25(23-10-13-26-27(20-23)39-21-38-26)29(31(35)36)30(33)22-8-11-24(37-3)12-9-22/h8-13,15,20,25,28-30H,4-7,14,16-18,21H2,1-3H3,(H,35,36). The minimum absolute atomic E-state index is 0.166. The molecule has 4 atom stereocenters. The molecular formula is C31H40N2O6. The fraction of sp³-hybridized carbons (Fsp3) is 0.516. The lowest BCUT2D eigenvalue weighted by molar-refractivity contribution is -0.149. The largest absolute Gasteiger partial charge is 0.497 e. The Bertz CT molecular complexity index is 1140. The number of nitrogens with zero attached hydrogens (tertiary/aromatic N) is 2. The summed E-state index contributed by atoms with van der Waals surface area (Å²) in [7, 11) is 1.61. The summed E-state index contributed by atoms with van der Waals surface area (Å²) in [6, 6.07) is 12.9. The van der Waals surface area contributed by atoms with Gasteiger partial charge in [0.05, 0.1) is 25.2 Å². The molecule has 0 aromatic heterocycles. The molecule has 1 saturated heterocycles. The number of benzene rings is 2. The number of rotatable bonds is 13. The van der Waals surface area contributed by atoms with E-state index in [2.05, 4.69) is 23.6 Å². The number of ether oxygens (including phenoxy) is 3. The SMILES string of the molecule is CCCCN(CCCC)C(C=C=O)N1CCC(c2ccc3c(c2)OCO3)C(C(=O)O)C1c1ccc(OC)cc1. The Hall–Kier alpha value is -3.32. The second kappa shape index (κ2) is 13.7. The van der Waals surface area contributed by atoms with Crippen LogP contribution in [0.2, 0.25) is 0 Å². The summed E-state index contributed by atoms with van der Waals surface area (Å²) >= 11 is 0. The maximum atomic E-state index is 13.1. The quantitative estimate of drug-likeness (QED) is 0.347. The molecule has 2 aromatic rings. The maximum Gasteiger partial charge on any atom is 0.309 e. The highest BCUT2D eigenvalue weighted by atomic mass is 16.7. The van der Waals surface area contributed by atoms with Gasteiger partial charge in [-0.2, -0.15) is 0 Å². The number of carbonyl (C=O) groups is 1. The number of carboxylic acids is 1. The number of carboxylic acid groups (broad SMARTS) is 1. The van der Waals surface area contributed by atoms with Crippen molar-refractivity contribution in [2.45, 2.75) is 64.1 Å². The molecule has 2 aliphatic heterocycles. The van der Waals surface area contributed by atoms with Crippen LogP contribution in [-0.2, 0) is 9.59 Å². The van der Waals surface area contributed by atoms with Gasteiger partial charge in [-0.1, -0.05) is 44.9 Å². The lowest BCUT2D eigenvalue weighted by atomic mass is 9.73. The van der Waals surface area contributed by atoms with Gasteiger partial charge in [0.15, 0.2) is 11.5 Å². The molecule has 0 bridgehead atoms. The van der Waals surface area contributed by atoms with Crippen LogP contribution in [0.1, 0.15) is 69.0 Å². The zero-order valence-electron chi connectivity index (χ0n) is 23.2. The van der Waals surface area contributed by atoms with Crippen LogP contribution in [0.4, 0.5) is 0 Å². The maximum absolute atomic E-state index is 13.1. The molecule has 1 fully saturated rings. The fourth-order valence-corrected chi connectivity index (χ4v) is 5.93. The van der Waals surface area contributed by atoms with E-state index in [1.54, 1.807) is 13.2 Å². The predicted molar refractivity (Wildman–Crippen MR) is 149 cm³/mol. The Morgan fingerprint density at radius 1 is 1.10 bits per heavy atom. The van der Waals surface area contributed by atoms with E-state index < -0.39 is 17.9 Å². The Kier molecular flexibility index (Phi) is 10.0. The third-order valence-electron chi connectivity index (χ3n) is 7.93. The van der Waals surface area contributed by atoms with Gasteiger partial charge in [-0.15, -0.1) is 0 Å². The highest BCUT2D eigenvalue weighted by molar-refractivity contribution is 5.73. The van der Waals surface area contributed by atoms with Crippen LogP contribution in [0.25, 0.3) is 0 Å². The van der Waals surface area contributed by atoms with Crippen LogP contribution >= 0.6 is 0 Å². The van der Waals surface area contributed by atoms with Crippen molar-refractivity contribution in [1.82, 2.24) is 9.80 Å². The minimum Gasteiger partial charge on any atom is -0.497 e. The molecule has 8 nitrogen and oxygen atoms in total. The summed E-state index contributed by atoms with van der Waals surface area (Å²) in [6.45, 7) is 6.75. The normalized spacial score (nSPS) is 21.4. The number of methoxy groups -OCH3 is 1. The molecule has 210 valence electrons. The number of piperidine rings is 1. The average molecular weight is 537 g/mol. The fourth-order valence-electron chi connectivity index (χ4n) is 5.93. The van der Waals surface area contributed by atoms with Crippen molar-refractivity contribution in [3.63, 3.8) is 0 Å². The van der Waals surface area contributed by atoms with Gasteiger partial charge in [0, 0.05) is 18.5 Å². The smallest absolute Gasteiger partial charge is 0.309 e. The van der Waals surface area contributed by atoms with E-state index in [0.29, 0.717) is 30.2 Å². The molecule has 2 aromatic carbocycles. The first kappa shape index (κ1) is 28.7. The van der Waals surface area contributed by atoms with Crippen molar-refractivity contribution in [3.05, 3.63) is 59.7 Å². The summed E-state index contributed by atoms with van der Waals surface area (Å²) in [5.74, 6) is 2.20. The number of hydrogen-bond donors (Lipinski definition) is 1. The minimum atomic E-state index is -0.870. The number of likely N-dealkylation sites (tertiary alicyclic amines) is 1. The van der Waals surface area contributed by atoms with E-state index >= 15 is 0 Å². The number of hydrogen-bond acceptors (Lipinski definition) is 7. The lowest BCUT2D eigenvalue weighted by Crippen LogP contribution is -2.55. The van der Waals surface area contributed by atoms with Crippen molar-refractivity contribution in [2.75, 3.05) is 33.5 Å². The Balaban J connectivity index is 1.79. The van der Waals surface area contributed by atoms with Gasteiger partial charge in [-0.05, 0) is 67.7 Å². The van der Waals surface area contributed by atoms with Gasteiger partial charge >= 0.3 is 5.97 Å². The van der Waals surface area contributed by atoms with Gasteiger partial charge in [-0.3, -0.25) is 14.6 Å². The van der Waals surface area contributed by atoms with Gasteiger partial charge in [0.2, 0.25) is 6.79 Å². The summed E-state index contributed by atoms with van der Waals surface area (Å²) < 4.78 is 16.5. The van der Waals surface area contributed by atoms with Crippen molar-refractivity contribution in [3.8, 4) is 17.2 Å². The van der Waals surface area contributed by atoms with Crippen LogP contribution in [0.5, 0.6) is 17.2 Å². The van der Waals surface area contributed by atoms with Crippen molar-refractivity contribution in [2.24, 2.45) is 5.92 Å². The molecular weight excluding hydrogens is 496 g/mol. The van der Waals surface area contributed by atoms with Crippen LogP contribution in [0, 0.1) is 5.92 Å². The van der Waals surface area contributed by atoms with E-state index in [-0.39, 0.29) is 18.9 Å². The van der Waals surface area contributed by atoms with E-state index in [4.69, 9.17) is 14.2 Å². The Labute approximate surface area is 231 Å². The first-order chi connectivity index (χ1) is 19.0. The van der Waals surface area contributed by atoms with Crippen LogP contribution in [0.3, 0.4) is 0 Å². The Morgan fingerprint density at radius 3 is 2.38 bits per heavy atom. The van der Waals surface area contributed by atoms with Gasteiger partial charge in [0.25, 0.3) is 0 Å². The van der Waals surface area contributed by atoms with Gasteiger partial charge in [0.1, 0.15) is 11.7 Å². The van der Waals surface area contributed by atoms with Crippen LogP contribution < -0.4 is 14.2 Å². The van der Waals surface area contributed by atoms with E-state index in [0.717, 1.165) is 49.9 Å². The summed E-state index contributed by atoms with van der Waals surface area (Å²) in [5.41, 5.74) is 1.80. The highest BCUT2D eigenvalue weighted by Gasteiger charge is 2.47. The second-order valence-electron chi connectivity index (χ2n) is 10.3. The third kappa shape index (κ3) is 6.47. The summed E-state index contributed by atoms with van der Waals surface area (Å²) in [4.78, 5) is 29.5. The molecule has 0 amide bonds. The Morgan fingerprint density at radius 2 is 1.77 bits per heavy atom. The number of aliphatic carboxylic acids is 1. The molecule has 0 aliphatic carbocycles. The molecule has 0 radical (unpaired) electrons. The van der Waals surface area contributed by atoms with E-state index in [1.807, 2.05) is 48.4 Å². The van der Waals surface area contributed by atoms with Crippen molar-refractivity contribution >= 4 is 11.9 Å². The van der Waals surface area contributed by atoms with E-state index in [9.17, 15) is 14.7 Å². The topological polar surface area (TPSA) is 88.5 Å². The molecule has 1 N–H and O–H groups in total. The molecule has 0 spiro atoms. The molecule has 0 saturated carbocycles. The molecule has 2 aliphatic rings. The number of fused-ring (bicyclic) bond motifs is 1. The van der Waals surface area contributed by atoms with E-state index in [1.165, 1.54) is 0 Å². The molecule has 4 unspecified atom stereocenters. The van der Waals surface area contributed by atoms with Crippen molar-refractivity contribution in [1.29, 1.82) is 0 Å². The van der Waals surface area contributed by atoms with Crippen LogP contribution in [0.15, 0.2) is 48.5 Å². The molecule has 8 heteroatoms. The second-order valence-corrected chi connectivity index (χ2v) is 10.3. The first-order valence-electron chi connectivity index (χ1n) is 14.0. The highest BCUT2D eigenvalue weighted by Crippen LogP contribution is 2.48. The average Bonchev–Trinajstić information content (AvgIpc) is 3.44. The van der Waals surface area contributed by atoms with Crippen molar-refractivity contribution < 1.29 is 28.9 Å². The predicted octanol–water partition coefficient (Wildman–Crippen LogP) is 5.27. The number of unbranched alkanes of at least 4 members (excludes halogenated alkanes) is 2.